The first kappa shape index (κ1) is 14.0. The molecule has 1 aliphatic carbocycles. The lowest BCUT2D eigenvalue weighted by molar-refractivity contribution is -0.128. The zero-order valence-electron chi connectivity index (χ0n) is 11.9. The minimum Gasteiger partial charge on any atom is -0.345 e. The molecule has 1 saturated carbocycles. The molecule has 1 aromatic rings. The van der Waals surface area contributed by atoms with E-state index in [1.165, 1.54) is 0 Å². The minimum atomic E-state index is -0.732. The highest BCUT2D eigenvalue weighted by molar-refractivity contribution is 5.86. The number of nitrogens with zero attached hydrogens (tertiary/aromatic N) is 3. The Morgan fingerprint density at radius 3 is 3.00 bits per heavy atom. The molecular formula is C13H23N5O. The summed E-state index contributed by atoms with van der Waals surface area (Å²) in [6, 6.07) is -0.183. The third-order valence-corrected chi connectivity index (χ3v) is 3.97. The maximum absolute atomic E-state index is 12.4. The van der Waals surface area contributed by atoms with Gasteiger partial charge in [0.1, 0.15) is 6.33 Å². The molecule has 1 amide bonds. The van der Waals surface area contributed by atoms with Crippen LogP contribution in [0.3, 0.4) is 0 Å². The van der Waals surface area contributed by atoms with Crippen LogP contribution in [0, 0.1) is 5.92 Å². The highest BCUT2D eigenvalue weighted by atomic mass is 16.2. The number of aryl methyl sites for hydroxylation is 1. The van der Waals surface area contributed by atoms with Crippen molar-refractivity contribution in [2.24, 2.45) is 18.7 Å². The van der Waals surface area contributed by atoms with E-state index >= 15 is 0 Å². The van der Waals surface area contributed by atoms with Crippen LogP contribution in [-0.2, 0) is 11.8 Å². The van der Waals surface area contributed by atoms with Crippen molar-refractivity contribution in [1.29, 1.82) is 0 Å². The quantitative estimate of drug-likeness (QED) is 0.850. The second kappa shape index (κ2) is 5.28. The van der Waals surface area contributed by atoms with Crippen LogP contribution in [0.5, 0.6) is 0 Å². The van der Waals surface area contributed by atoms with Crippen LogP contribution in [0.2, 0.25) is 0 Å². The van der Waals surface area contributed by atoms with E-state index in [1.54, 1.807) is 10.9 Å². The van der Waals surface area contributed by atoms with Crippen molar-refractivity contribution in [3.8, 4) is 0 Å². The maximum Gasteiger partial charge on any atom is 0.240 e. The van der Waals surface area contributed by atoms with Gasteiger partial charge in [0.2, 0.25) is 5.91 Å². The number of carbonyl (C=O) groups is 1. The summed E-state index contributed by atoms with van der Waals surface area (Å²) < 4.78 is 1.80. The number of aromatic nitrogens is 3. The van der Waals surface area contributed by atoms with E-state index in [2.05, 4.69) is 22.4 Å². The average Bonchev–Trinajstić information content (AvgIpc) is 2.75. The molecule has 0 radical (unpaired) electrons. The average molecular weight is 265 g/mol. The van der Waals surface area contributed by atoms with Crippen molar-refractivity contribution in [2.45, 2.75) is 51.1 Å². The van der Waals surface area contributed by atoms with E-state index in [1.807, 2.05) is 14.0 Å². The van der Waals surface area contributed by atoms with Crippen LogP contribution in [0.4, 0.5) is 0 Å². The minimum absolute atomic E-state index is 0.0745. The van der Waals surface area contributed by atoms with Gasteiger partial charge in [0.25, 0.3) is 0 Å². The van der Waals surface area contributed by atoms with Crippen molar-refractivity contribution in [3.63, 3.8) is 0 Å². The molecule has 106 valence electrons. The largest absolute Gasteiger partial charge is 0.345 e. The van der Waals surface area contributed by atoms with Crippen molar-refractivity contribution >= 4 is 5.91 Å². The van der Waals surface area contributed by atoms with E-state index < -0.39 is 5.54 Å². The number of nitrogens with one attached hydrogen (secondary N) is 1. The van der Waals surface area contributed by atoms with Crippen LogP contribution >= 0.6 is 0 Å². The van der Waals surface area contributed by atoms with Gasteiger partial charge in [0, 0.05) is 7.05 Å². The zero-order chi connectivity index (χ0) is 14.0. The number of amides is 1. The molecule has 1 fully saturated rings. The van der Waals surface area contributed by atoms with Gasteiger partial charge in [-0.05, 0) is 25.7 Å². The monoisotopic (exact) mass is 265 g/mol. The molecule has 2 rings (SSSR count). The third-order valence-electron chi connectivity index (χ3n) is 3.97. The Morgan fingerprint density at radius 1 is 1.68 bits per heavy atom. The molecule has 6 nitrogen and oxygen atoms in total. The fraction of sp³-hybridized carbons (Fsp3) is 0.769. The number of nitrogens with two attached hydrogens (primary N) is 1. The molecule has 1 aliphatic rings. The Kier molecular flexibility index (Phi) is 3.89. The molecule has 0 spiro atoms. The Morgan fingerprint density at radius 2 is 2.42 bits per heavy atom. The maximum atomic E-state index is 12.4. The predicted octanol–water partition coefficient (Wildman–Crippen LogP) is 0.900. The molecule has 6 heteroatoms. The predicted molar refractivity (Wildman–Crippen MR) is 72.1 cm³/mol. The van der Waals surface area contributed by atoms with E-state index in [-0.39, 0.29) is 11.9 Å². The van der Waals surface area contributed by atoms with Crippen LogP contribution in [0.1, 0.15) is 51.4 Å². The van der Waals surface area contributed by atoms with Crippen molar-refractivity contribution in [3.05, 3.63) is 12.2 Å². The Hall–Kier alpha value is -1.43. The van der Waals surface area contributed by atoms with Gasteiger partial charge in [-0.2, -0.15) is 0 Å². The summed E-state index contributed by atoms with van der Waals surface area (Å²) in [5.74, 6) is 1.17. The highest BCUT2D eigenvalue weighted by Crippen LogP contribution is 2.31. The number of hydrogen-bond acceptors (Lipinski definition) is 4. The summed E-state index contributed by atoms with van der Waals surface area (Å²) in [4.78, 5) is 12.4. The number of rotatable bonds is 3. The number of hydrogen-bond donors (Lipinski definition) is 2. The zero-order valence-corrected chi connectivity index (χ0v) is 11.9. The first-order chi connectivity index (χ1) is 8.92. The van der Waals surface area contributed by atoms with Crippen molar-refractivity contribution < 1.29 is 4.79 Å². The van der Waals surface area contributed by atoms with Gasteiger partial charge in [-0.3, -0.25) is 4.79 Å². The fourth-order valence-corrected chi connectivity index (χ4v) is 2.89. The van der Waals surface area contributed by atoms with Gasteiger partial charge in [0.15, 0.2) is 5.82 Å². The molecule has 0 bridgehead atoms. The molecule has 3 N–H and O–H groups in total. The first-order valence-electron chi connectivity index (χ1n) is 6.86. The summed E-state index contributed by atoms with van der Waals surface area (Å²) in [6.45, 7) is 4.05. The molecule has 3 atom stereocenters. The first-order valence-corrected chi connectivity index (χ1v) is 6.86. The van der Waals surface area contributed by atoms with Crippen molar-refractivity contribution in [1.82, 2.24) is 20.1 Å². The molecular weight excluding hydrogens is 242 g/mol. The molecule has 0 aromatic carbocycles. The Bertz CT molecular complexity index is 458. The van der Waals surface area contributed by atoms with E-state index in [9.17, 15) is 4.79 Å². The Labute approximate surface area is 113 Å². The van der Waals surface area contributed by atoms with Gasteiger partial charge in [-0.15, -0.1) is 10.2 Å². The van der Waals surface area contributed by atoms with Gasteiger partial charge in [-0.25, -0.2) is 0 Å². The Balaban J connectivity index is 2.02. The molecule has 19 heavy (non-hydrogen) atoms. The SMILES string of the molecule is CC1CCCC(N)(C(=O)NC(C)c2nncn2C)C1. The second-order valence-electron chi connectivity index (χ2n) is 5.85. The number of carbonyl (C=O) groups excluding carboxylic acids is 1. The van der Waals surface area contributed by atoms with Gasteiger partial charge >= 0.3 is 0 Å². The molecule has 3 unspecified atom stereocenters. The van der Waals surface area contributed by atoms with E-state index in [0.717, 1.165) is 31.5 Å². The molecule has 0 saturated heterocycles. The summed E-state index contributed by atoms with van der Waals surface area (Å²) in [5.41, 5.74) is 5.55. The standard InChI is InChI=1S/C13H23N5O/c1-9-5-4-6-13(14,7-9)12(19)16-10(2)11-17-15-8-18(11)3/h8-10H,4-7,14H2,1-3H3,(H,16,19). The molecule has 1 heterocycles. The lowest BCUT2D eigenvalue weighted by Gasteiger charge is -2.36. The summed E-state index contributed by atoms with van der Waals surface area (Å²) in [6.07, 6.45) is 5.31. The summed E-state index contributed by atoms with van der Waals surface area (Å²) in [7, 11) is 1.86. The normalized spacial score (nSPS) is 28.9. The van der Waals surface area contributed by atoms with Crippen molar-refractivity contribution in [2.75, 3.05) is 0 Å². The smallest absolute Gasteiger partial charge is 0.240 e. The highest BCUT2D eigenvalue weighted by Gasteiger charge is 2.38. The van der Waals surface area contributed by atoms with Crippen LogP contribution in [0.15, 0.2) is 6.33 Å². The third kappa shape index (κ3) is 2.94. The lowest BCUT2D eigenvalue weighted by Crippen LogP contribution is -2.56. The van der Waals surface area contributed by atoms with E-state index in [0.29, 0.717) is 5.92 Å². The fourth-order valence-electron chi connectivity index (χ4n) is 2.89. The van der Waals surface area contributed by atoms with Crippen LogP contribution in [-0.4, -0.2) is 26.2 Å². The van der Waals surface area contributed by atoms with Gasteiger partial charge in [0.05, 0.1) is 11.6 Å². The van der Waals surface area contributed by atoms with E-state index in [4.69, 9.17) is 5.73 Å². The summed E-state index contributed by atoms with van der Waals surface area (Å²) in [5, 5.41) is 10.8. The van der Waals surface area contributed by atoms with Gasteiger partial charge < -0.3 is 15.6 Å². The lowest BCUT2D eigenvalue weighted by atomic mass is 9.76. The second-order valence-corrected chi connectivity index (χ2v) is 5.85. The molecule has 1 aromatic heterocycles. The molecule has 0 aliphatic heterocycles. The van der Waals surface area contributed by atoms with Crippen LogP contribution < -0.4 is 11.1 Å². The summed E-state index contributed by atoms with van der Waals surface area (Å²) >= 11 is 0. The van der Waals surface area contributed by atoms with Crippen LogP contribution in [0.25, 0.3) is 0 Å². The topological polar surface area (TPSA) is 85.8 Å². The van der Waals surface area contributed by atoms with Gasteiger partial charge in [-0.1, -0.05) is 19.8 Å².